The topological polar surface area (TPSA) is 204 Å². The zero-order valence-corrected chi connectivity index (χ0v) is 19.4. The highest BCUT2D eigenvalue weighted by Crippen LogP contribution is 2.33. The maximum absolute atomic E-state index is 12.7. The largest absolute Gasteiger partial charge is 0.504 e. The summed E-state index contributed by atoms with van der Waals surface area (Å²) in [6.45, 7) is 2.52. The molecule has 198 valence electrons. The van der Waals surface area contributed by atoms with E-state index in [0.29, 0.717) is 5.56 Å². The molecule has 0 unspecified atom stereocenters. The van der Waals surface area contributed by atoms with Gasteiger partial charge in [0.2, 0.25) is 12.2 Å². The molecular formula is C23H29NO12. The van der Waals surface area contributed by atoms with Crippen molar-refractivity contribution in [2.75, 3.05) is 6.79 Å². The molecular weight excluding hydrogens is 482 g/mol. The summed E-state index contributed by atoms with van der Waals surface area (Å²) < 4.78 is 21.1. The molecule has 2 heterocycles. The number of rotatable bonds is 6. The summed E-state index contributed by atoms with van der Waals surface area (Å²) in [7, 11) is 0. The van der Waals surface area contributed by atoms with Gasteiger partial charge in [-0.3, -0.25) is 9.59 Å². The van der Waals surface area contributed by atoms with Crippen LogP contribution in [0.1, 0.15) is 19.4 Å². The number of Topliss-reactive ketones (excluding diaryl/α,β-unsaturated/α-hetero) is 1. The molecule has 1 saturated carbocycles. The van der Waals surface area contributed by atoms with Gasteiger partial charge in [-0.2, -0.15) is 0 Å². The number of nitrogens with one attached hydrogen (secondary N) is 1. The molecule has 4 rings (SSSR count). The van der Waals surface area contributed by atoms with Gasteiger partial charge in [0.1, 0.15) is 55.6 Å². The number of hydrogen-bond donors (Lipinski definition) is 7. The normalized spacial score (nSPS) is 38.5. The van der Waals surface area contributed by atoms with Crippen molar-refractivity contribution in [3.63, 3.8) is 0 Å². The van der Waals surface area contributed by atoms with Gasteiger partial charge < -0.3 is 54.9 Å². The molecule has 1 aliphatic carbocycles. The number of phenols is 1. The van der Waals surface area contributed by atoms with Crippen LogP contribution in [0.4, 0.5) is 0 Å². The van der Waals surface area contributed by atoms with Crippen molar-refractivity contribution in [2.24, 2.45) is 0 Å². The van der Waals surface area contributed by atoms with Gasteiger partial charge in [0.05, 0.1) is 6.04 Å². The second kappa shape index (κ2) is 10.4. The molecule has 36 heavy (non-hydrogen) atoms. The highest BCUT2D eigenvalue weighted by atomic mass is 16.7. The first-order valence-electron chi connectivity index (χ1n) is 11.3. The molecule has 1 aromatic rings. The van der Waals surface area contributed by atoms with E-state index < -0.39 is 72.9 Å². The third kappa shape index (κ3) is 4.96. The second-order valence-corrected chi connectivity index (χ2v) is 9.04. The average molecular weight is 511 g/mol. The van der Waals surface area contributed by atoms with Crippen LogP contribution in [0.2, 0.25) is 0 Å². The van der Waals surface area contributed by atoms with Crippen LogP contribution < -0.4 is 10.1 Å². The van der Waals surface area contributed by atoms with Crippen molar-refractivity contribution in [1.82, 2.24) is 5.32 Å². The summed E-state index contributed by atoms with van der Waals surface area (Å²) in [4.78, 5) is 24.2. The number of ether oxygens (including phenoxy) is 4. The first-order chi connectivity index (χ1) is 17.0. The third-order valence-corrected chi connectivity index (χ3v) is 6.49. The monoisotopic (exact) mass is 511 g/mol. The number of carbonyl (C=O) groups excluding carboxylic acids is 2. The lowest BCUT2D eigenvalue weighted by atomic mass is 9.83. The summed E-state index contributed by atoms with van der Waals surface area (Å²) in [5.74, 6) is -1.59. The molecule has 0 aromatic heterocycles. The SMILES string of the molecule is CC(=O)[C@H]1O[C@@H](Oc2ccc(/C=C(/C)C(=O)N[C@H]3[C@@H](O)[C@@H]4OCO[C@@H]4[C@H](O)[C@@H]3O)cc2O)[C@@H](O)[C@@H]1O. The number of phenolic OH excluding ortho intramolecular Hbond substituents is 1. The lowest BCUT2D eigenvalue weighted by Crippen LogP contribution is -2.67. The minimum atomic E-state index is -1.51. The van der Waals surface area contributed by atoms with Crippen molar-refractivity contribution in [2.45, 2.75) is 75.0 Å². The highest BCUT2D eigenvalue weighted by Gasteiger charge is 2.53. The summed E-state index contributed by atoms with van der Waals surface area (Å²) in [6.07, 6.45) is -10.2. The van der Waals surface area contributed by atoms with E-state index in [9.17, 15) is 40.2 Å². The molecule has 1 aromatic carbocycles. The minimum absolute atomic E-state index is 0.0921. The zero-order chi connectivity index (χ0) is 26.3. The van der Waals surface area contributed by atoms with Gasteiger partial charge in [0.25, 0.3) is 0 Å². The number of aliphatic hydroxyl groups is 5. The lowest BCUT2D eigenvalue weighted by molar-refractivity contribution is -0.155. The van der Waals surface area contributed by atoms with E-state index in [0.717, 1.165) is 0 Å². The van der Waals surface area contributed by atoms with Crippen LogP contribution in [0, 0.1) is 0 Å². The third-order valence-electron chi connectivity index (χ3n) is 6.49. The van der Waals surface area contributed by atoms with Gasteiger partial charge in [0, 0.05) is 5.57 Å². The van der Waals surface area contributed by atoms with Crippen LogP contribution in [0.5, 0.6) is 11.5 Å². The molecule has 7 N–H and O–H groups in total. The Labute approximate surface area is 205 Å². The fourth-order valence-electron chi connectivity index (χ4n) is 4.46. The zero-order valence-electron chi connectivity index (χ0n) is 19.4. The van der Waals surface area contributed by atoms with Crippen molar-refractivity contribution in [1.29, 1.82) is 0 Å². The number of carbonyl (C=O) groups is 2. The molecule has 13 nitrogen and oxygen atoms in total. The highest BCUT2D eigenvalue weighted by molar-refractivity contribution is 5.97. The lowest BCUT2D eigenvalue weighted by Gasteiger charge is -2.41. The van der Waals surface area contributed by atoms with Crippen LogP contribution in [0.25, 0.3) is 6.08 Å². The number of aromatic hydroxyl groups is 1. The van der Waals surface area contributed by atoms with E-state index in [1.54, 1.807) is 0 Å². The van der Waals surface area contributed by atoms with Crippen molar-refractivity contribution >= 4 is 17.8 Å². The number of hydrogen-bond acceptors (Lipinski definition) is 12. The van der Waals surface area contributed by atoms with Crippen molar-refractivity contribution in [3.05, 3.63) is 29.3 Å². The molecule has 2 saturated heterocycles. The van der Waals surface area contributed by atoms with Gasteiger partial charge in [-0.1, -0.05) is 6.07 Å². The maximum Gasteiger partial charge on any atom is 0.247 e. The van der Waals surface area contributed by atoms with E-state index in [2.05, 4.69) is 5.32 Å². The Bertz CT molecular complexity index is 1030. The van der Waals surface area contributed by atoms with Crippen LogP contribution in [-0.4, -0.2) is 110 Å². The summed E-state index contributed by atoms with van der Waals surface area (Å²) in [5.41, 5.74) is 0.545. The Hall–Kier alpha value is -2.62. The van der Waals surface area contributed by atoms with E-state index >= 15 is 0 Å². The molecule has 0 spiro atoms. The van der Waals surface area contributed by atoms with Gasteiger partial charge in [-0.25, -0.2) is 0 Å². The predicted octanol–water partition coefficient (Wildman–Crippen LogP) is -2.47. The van der Waals surface area contributed by atoms with E-state index in [4.69, 9.17) is 18.9 Å². The Morgan fingerprint density at radius 2 is 1.64 bits per heavy atom. The molecule has 2 aliphatic heterocycles. The van der Waals surface area contributed by atoms with Gasteiger partial charge in [-0.05, 0) is 37.6 Å². The van der Waals surface area contributed by atoms with Crippen molar-refractivity contribution in [3.8, 4) is 11.5 Å². The average Bonchev–Trinajstić information content (AvgIpc) is 3.43. The van der Waals surface area contributed by atoms with E-state index in [-0.39, 0.29) is 23.9 Å². The van der Waals surface area contributed by atoms with Gasteiger partial charge in [0.15, 0.2) is 17.3 Å². The first-order valence-corrected chi connectivity index (χ1v) is 11.3. The number of ketones is 1. The molecule has 0 bridgehead atoms. The smallest absolute Gasteiger partial charge is 0.247 e. The first kappa shape index (κ1) is 26.4. The van der Waals surface area contributed by atoms with Gasteiger partial charge >= 0.3 is 0 Å². The van der Waals surface area contributed by atoms with Crippen LogP contribution >= 0.6 is 0 Å². The summed E-state index contributed by atoms with van der Waals surface area (Å²) >= 11 is 0. The Morgan fingerprint density at radius 3 is 2.25 bits per heavy atom. The number of fused-ring (bicyclic) bond motifs is 1. The summed E-state index contributed by atoms with van der Waals surface area (Å²) in [6, 6.07) is 2.90. The maximum atomic E-state index is 12.7. The number of benzene rings is 1. The quantitative estimate of drug-likeness (QED) is 0.199. The molecule has 10 atom stereocenters. The Balaban J connectivity index is 1.41. The number of amides is 1. The molecule has 3 aliphatic rings. The molecule has 13 heteroatoms. The van der Waals surface area contributed by atoms with Gasteiger partial charge in [-0.15, -0.1) is 0 Å². The predicted molar refractivity (Wildman–Crippen MR) is 118 cm³/mol. The summed E-state index contributed by atoms with van der Waals surface area (Å²) in [5, 5.41) is 63.9. The fourth-order valence-corrected chi connectivity index (χ4v) is 4.46. The molecule has 1 amide bonds. The van der Waals surface area contributed by atoms with Crippen LogP contribution in [-0.2, 0) is 23.8 Å². The minimum Gasteiger partial charge on any atom is -0.504 e. The van der Waals surface area contributed by atoms with Crippen LogP contribution in [0.15, 0.2) is 23.8 Å². The second-order valence-electron chi connectivity index (χ2n) is 9.04. The van der Waals surface area contributed by atoms with Crippen LogP contribution in [0.3, 0.4) is 0 Å². The Morgan fingerprint density at radius 1 is 0.972 bits per heavy atom. The Kier molecular flexibility index (Phi) is 7.64. The fraction of sp³-hybridized carbons (Fsp3) is 0.565. The van der Waals surface area contributed by atoms with E-state index in [1.807, 2.05) is 0 Å². The van der Waals surface area contributed by atoms with Crippen molar-refractivity contribution < 1.29 is 59.2 Å². The van der Waals surface area contributed by atoms with E-state index in [1.165, 1.54) is 38.1 Å². The molecule has 3 fully saturated rings. The molecule has 0 radical (unpaired) electrons. The number of aliphatic hydroxyl groups excluding tert-OH is 5. The standard InChI is InChI=1S/C23H29NO12/c1-8(22(32)24-13-14(27)16(29)21-20(15(13)28)33-7-34-21)5-10-3-4-12(11(26)6-10)35-23-18(31)17(30)19(36-23)9(2)25/h3-6,13-21,23,26-31H,7H2,1-2H3,(H,24,32)/b8-5-/t13-,14-,15-,16-,17+,18+,19-,20+,21-,23-/m1/s1.